The molecule has 0 saturated carbocycles. The Balaban J connectivity index is -0.0000000708. The maximum absolute atomic E-state index is 8.36. The molecule has 19 heteroatoms. The molecule has 116 valence electrons. The predicted molar refractivity (Wildman–Crippen MR) is 56.1 cm³/mol. The zero-order valence-electron chi connectivity index (χ0n) is 11.5. The summed E-state index contributed by atoms with van der Waals surface area (Å²) in [5.74, 6) is 0.655. The summed E-state index contributed by atoms with van der Waals surface area (Å²) in [5.41, 5.74) is 0. The standard InChI is InChI=1S/C2H2N8.2HNO3.2H3N.Na.H/c3-1(4-8-7-3)2-5-9-10-6-2;2*2-1(3)4;;;;/h(H,3,4,7,8)(H,5,6,9,10);2*(H,2,3,4);2*1H3;;/q;;;;;+1;-1. The van der Waals surface area contributed by atoms with Crippen molar-refractivity contribution in [2.24, 2.45) is 0 Å². The third-order valence-electron chi connectivity index (χ3n) is 0.891. The average molecular weight is 322 g/mol. The van der Waals surface area contributed by atoms with Crippen molar-refractivity contribution < 1.29 is 51.6 Å². The van der Waals surface area contributed by atoms with Crippen LogP contribution in [0.25, 0.3) is 11.6 Å². The number of aromatic nitrogens is 8. The number of aromatic amines is 2. The fourth-order valence-electron chi connectivity index (χ4n) is 0.513. The van der Waals surface area contributed by atoms with Crippen molar-refractivity contribution in [2.45, 2.75) is 0 Å². The second-order valence-electron chi connectivity index (χ2n) is 1.95. The van der Waals surface area contributed by atoms with Crippen LogP contribution in [0, 0.1) is 20.2 Å². The van der Waals surface area contributed by atoms with Gasteiger partial charge in [0.15, 0.2) is 0 Å². The maximum atomic E-state index is 8.36. The summed E-state index contributed by atoms with van der Waals surface area (Å²) in [6.45, 7) is 0. The van der Waals surface area contributed by atoms with E-state index >= 15 is 0 Å². The van der Waals surface area contributed by atoms with Crippen molar-refractivity contribution >= 4 is 0 Å². The van der Waals surface area contributed by atoms with E-state index in [0.717, 1.165) is 0 Å². The van der Waals surface area contributed by atoms with Gasteiger partial charge in [0.25, 0.3) is 10.2 Å². The summed E-state index contributed by atoms with van der Waals surface area (Å²) >= 11 is 0. The largest absolute Gasteiger partial charge is 1.00 e. The summed E-state index contributed by atoms with van der Waals surface area (Å²) < 4.78 is 0. The second kappa shape index (κ2) is 15.5. The molecule has 2 aromatic heterocycles. The van der Waals surface area contributed by atoms with Crippen molar-refractivity contribution in [2.75, 3.05) is 0 Å². The molecule has 0 aliphatic heterocycles. The van der Waals surface area contributed by atoms with Gasteiger partial charge in [-0.2, -0.15) is 10.4 Å². The molecule has 0 aliphatic rings. The first-order valence-electron chi connectivity index (χ1n) is 3.57. The van der Waals surface area contributed by atoms with E-state index in [9.17, 15) is 0 Å². The van der Waals surface area contributed by atoms with Crippen LogP contribution in [-0.2, 0) is 0 Å². The van der Waals surface area contributed by atoms with Gasteiger partial charge < -0.3 is 24.1 Å². The molecular formula is C2H11N12NaO6. The van der Waals surface area contributed by atoms with Gasteiger partial charge in [-0.05, 0) is 10.4 Å². The topological polar surface area (TPSA) is 306 Å². The van der Waals surface area contributed by atoms with Gasteiger partial charge in [-0.1, -0.05) is 0 Å². The van der Waals surface area contributed by atoms with E-state index in [1.54, 1.807) is 0 Å². The molecule has 0 atom stereocenters. The van der Waals surface area contributed by atoms with Gasteiger partial charge in [0.2, 0.25) is 11.6 Å². The normalized spacial score (nSPS) is 7.05. The predicted octanol–water partition coefficient (Wildman–Crippen LogP) is -4.88. The Morgan fingerprint density at radius 3 is 1.29 bits per heavy atom. The zero-order valence-corrected chi connectivity index (χ0v) is 12.5. The Bertz CT molecular complexity index is 410. The van der Waals surface area contributed by atoms with Crippen LogP contribution in [0.15, 0.2) is 0 Å². The molecule has 0 radical (unpaired) electrons. The summed E-state index contributed by atoms with van der Waals surface area (Å²) in [5, 5.41) is 53.0. The van der Waals surface area contributed by atoms with Crippen LogP contribution in [0.1, 0.15) is 1.43 Å². The third-order valence-corrected chi connectivity index (χ3v) is 0.891. The Morgan fingerprint density at radius 2 is 1.14 bits per heavy atom. The first-order valence-corrected chi connectivity index (χ1v) is 3.57. The van der Waals surface area contributed by atoms with E-state index in [0.29, 0.717) is 11.6 Å². The number of hydrogen-bond acceptors (Lipinski definition) is 12. The molecule has 2 rings (SSSR count). The van der Waals surface area contributed by atoms with Crippen molar-refractivity contribution in [3.05, 3.63) is 20.2 Å². The number of tetrazole rings is 2. The second-order valence-corrected chi connectivity index (χ2v) is 1.95. The Morgan fingerprint density at radius 1 is 0.905 bits per heavy atom. The maximum Gasteiger partial charge on any atom is 1.00 e. The molecule has 2 aromatic rings. The average Bonchev–Trinajstić information content (AvgIpc) is 2.89. The molecule has 0 aromatic carbocycles. The van der Waals surface area contributed by atoms with Gasteiger partial charge in [0, 0.05) is 0 Å². The number of rotatable bonds is 1. The number of nitrogens with zero attached hydrogens (tertiary/aromatic N) is 8. The van der Waals surface area contributed by atoms with Crippen LogP contribution >= 0.6 is 0 Å². The van der Waals surface area contributed by atoms with Crippen LogP contribution < -0.4 is 41.9 Å². The molecule has 0 unspecified atom stereocenters. The Hall–Kier alpha value is -2.54. The van der Waals surface area contributed by atoms with Gasteiger partial charge in [-0.15, -0.1) is 40.6 Å². The molecule has 0 bridgehead atoms. The molecular weight excluding hydrogens is 311 g/mol. The quantitative estimate of drug-likeness (QED) is 0.163. The molecule has 0 amide bonds. The Kier molecular flexibility index (Phi) is 19.9. The van der Waals surface area contributed by atoms with Crippen LogP contribution in [0.4, 0.5) is 0 Å². The van der Waals surface area contributed by atoms with Crippen LogP contribution in [0.2, 0.25) is 0 Å². The minimum atomic E-state index is -1.50. The number of H-pyrrole nitrogens is 2. The van der Waals surface area contributed by atoms with Crippen LogP contribution in [0.3, 0.4) is 0 Å². The monoisotopic (exact) mass is 322 g/mol. The minimum absolute atomic E-state index is 0. The third kappa shape index (κ3) is 17.5. The number of nitrogens with one attached hydrogen (secondary N) is 2. The molecule has 10 N–H and O–H groups in total. The van der Waals surface area contributed by atoms with Crippen molar-refractivity contribution in [1.29, 1.82) is 0 Å². The summed E-state index contributed by atoms with van der Waals surface area (Å²) in [4.78, 5) is 16.7. The van der Waals surface area contributed by atoms with E-state index in [1.807, 2.05) is 0 Å². The van der Waals surface area contributed by atoms with Gasteiger partial charge in [-0.25, -0.2) is 0 Å². The van der Waals surface area contributed by atoms with Gasteiger partial charge in [-0.3, -0.25) is 0 Å². The van der Waals surface area contributed by atoms with Gasteiger partial charge >= 0.3 is 29.6 Å². The van der Waals surface area contributed by atoms with Crippen LogP contribution in [-0.4, -0.2) is 61.8 Å². The molecule has 2 heterocycles. The van der Waals surface area contributed by atoms with E-state index in [2.05, 4.69) is 41.2 Å². The van der Waals surface area contributed by atoms with E-state index < -0.39 is 10.2 Å². The zero-order chi connectivity index (χ0) is 14.0. The van der Waals surface area contributed by atoms with Crippen molar-refractivity contribution in [3.63, 3.8) is 0 Å². The van der Waals surface area contributed by atoms with Crippen molar-refractivity contribution in [3.8, 4) is 11.6 Å². The SMILES string of the molecule is N.N.O=[N+]([O-])O.O=[N+]([O-])O.[H-].[Na+].n1nc(-c2nn[nH]n2)n[nH]1. The molecule has 0 aliphatic carbocycles. The number of hydrogen-bond donors (Lipinski definition) is 6. The molecule has 0 fully saturated rings. The fraction of sp³-hybridized carbons (Fsp3) is 0. The van der Waals surface area contributed by atoms with E-state index in [-0.39, 0.29) is 43.3 Å². The van der Waals surface area contributed by atoms with Gasteiger partial charge in [0.05, 0.1) is 0 Å². The smallest absolute Gasteiger partial charge is 1.00 e. The first-order chi connectivity index (χ1) is 8.43. The fourth-order valence-corrected chi connectivity index (χ4v) is 0.513. The summed E-state index contributed by atoms with van der Waals surface area (Å²) in [7, 11) is 0. The molecule has 18 nitrogen and oxygen atoms in total. The van der Waals surface area contributed by atoms with Crippen molar-refractivity contribution in [1.82, 2.24) is 53.5 Å². The summed E-state index contributed by atoms with van der Waals surface area (Å²) in [6.07, 6.45) is 0. The molecule has 0 saturated heterocycles. The molecule has 21 heavy (non-hydrogen) atoms. The Labute approximate surface area is 137 Å². The first kappa shape index (κ1) is 26.9. The molecule has 0 spiro atoms. The minimum Gasteiger partial charge on any atom is -1.00 e. The summed E-state index contributed by atoms with van der Waals surface area (Å²) in [6, 6.07) is 0. The van der Waals surface area contributed by atoms with Gasteiger partial charge in [0.1, 0.15) is 0 Å². The van der Waals surface area contributed by atoms with E-state index in [1.165, 1.54) is 0 Å². The van der Waals surface area contributed by atoms with Crippen LogP contribution in [0.5, 0.6) is 0 Å². The van der Waals surface area contributed by atoms with E-state index in [4.69, 9.17) is 30.6 Å².